The quantitative estimate of drug-likeness (QED) is 0.900. The van der Waals surface area contributed by atoms with Gasteiger partial charge in [0.1, 0.15) is 11.6 Å². The first-order chi connectivity index (χ1) is 8.22. The fourth-order valence-electron chi connectivity index (χ4n) is 2.49. The Kier molecular flexibility index (Phi) is 4.40. The van der Waals surface area contributed by atoms with Crippen LogP contribution in [0.5, 0.6) is 0 Å². The number of halogens is 2. The normalized spacial score (nSPS) is 19.2. The summed E-state index contributed by atoms with van der Waals surface area (Å²) in [7, 11) is 0. The highest BCUT2D eigenvalue weighted by molar-refractivity contribution is 7.99. The standard InChI is InChI=1S/C13H17F2NS/c14-10-1-2-11(13(15)7-10)12(8-16)9-3-5-17-6-4-9/h1-2,7,9,12H,3-6,8,16H2. The van der Waals surface area contributed by atoms with E-state index < -0.39 is 11.6 Å². The molecule has 4 heteroatoms. The maximum absolute atomic E-state index is 13.7. The van der Waals surface area contributed by atoms with Crippen molar-refractivity contribution in [1.29, 1.82) is 0 Å². The van der Waals surface area contributed by atoms with Crippen LogP contribution in [0.1, 0.15) is 24.3 Å². The first-order valence-corrected chi connectivity index (χ1v) is 7.10. The largest absolute Gasteiger partial charge is 0.330 e. The minimum absolute atomic E-state index is 0.0245. The van der Waals surface area contributed by atoms with E-state index >= 15 is 0 Å². The van der Waals surface area contributed by atoms with Crippen LogP contribution in [0, 0.1) is 17.6 Å². The van der Waals surface area contributed by atoms with Crippen LogP contribution >= 0.6 is 11.8 Å². The van der Waals surface area contributed by atoms with E-state index in [0.29, 0.717) is 18.0 Å². The Bertz CT molecular complexity index is 378. The second-order valence-electron chi connectivity index (χ2n) is 4.46. The van der Waals surface area contributed by atoms with Gasteiger partial charge in [0.05, 0.1) is 0 Å². The molecule has 0 aromatic heterocycles. The van der Waals surface area contributed by atoms with Gasteiger partial charge in [-0.3, -0.25) is 0 Å². The van der Waals surface area contributed by atoms with E-state index in [2.05, 4.69) is 0 Å². The monoisotopic (exact) mass is 257 g/mol. The third-order valence-electron chi connectivity index (χ3n) is 3.45. The summed E-state index contributed by atoms with van der Waals surface area (Å²) < 4.78 is 26.6. The van der Waals surface area contributed by atoms with Crippen molar-refractivity contribution in [2.75, 3.05) is 18.1 Å². The number of hydrogen-bond acceptors (Lipinski definition) is 2. The Balaban J connectivity index is 2.21. The smallest absolute Gasteiger partial charge is 0.129 e. The van der Waals surface area contributed by atoms with Crippen molar-refractivity contribution in [3.05, 3.63) is 35.4 Å². The van der Waals surface area contributed by atoms with Gasteiger partial charge in [-0.15, -0.1) is 0 Å². The van der Waals surface area contributed by atoms with Crippen molar-refractivity contribution in [3.8, 4) is 0 Å². The molecule has 1 unspecified atom stereocenters. The third-order valence-corrected chi connectivity index (χ3v) is 4.50. The van der Waals surface area contributed by atoms with Gasteiger partial charge in [0, 0.05) is 12.0 Å². The molecule has 17 heavy (non-hydrogen) atoms. The molecule has 1 aliphatic heterocycles. The number of thioether (sulfide) groups is 1. The molecule has 1 saturated heterocycles. The van der Waals surface area contributed by atoms with Crippen molar-refractivity contribution in [2.45, 2.75) is 18.8 Å². The summed E-state index contributed by atoms with van der Waals surface area (Å²) in [6, 6.07) is 3.82. The molecule has 1 atom stereocenters. The molecular formula is C13H17F2NS. The van der Waals surface area contributed by atoms with Crippen molar-refractivity contribution in [2.24, 2.45) is 11.7 Å². The minimum atomic E-state index is -0.527. The highest BCUT2D eigenvalue weighted by Crippen LogP contribution is 2.35. The zero-order chi connectivity index (χ0) is 12.3. The Morgan fingerprint density at radius 1 is 1.29 bits per heavy atom. The molecule has 0 bridgehead atoms. The summed E-state index contributed by atoms with van der Waals surface area (Å²) in [6.45, 7) is 0.428. The van der Waals surface area contributed by atoms with Gasteiger partial charge in [-0.25, -0.2) is 8.78 Å². The van der Waals surface area contributed by atoms with Gasteiger partial charge in [-0.2, -0.15) is 11.8 Å². The Hall–Kier alpha value is -0.610. The van der Waals surface area contributed by atoms with E-state index in [1.54, 1.807) is 6.07 Å². The van der Waals surface area contributed by atoms with Crippen LogP contribution in [0.25, 0.3) is 0 Å². The molecule has 1 aromatic rings. The van der Waals surface area contributed by atoms with Crippen LogP contribution in [0.3, 0.4) is 0 Å². The van der Waals surface area contributed by atoms with Crippen LogP contribution in [0.4, 0.5) is 8.78 Å². The summed E-state index contributed by atoms with van der Waals surface area (Å²) in [5.41, 5.74) is 6.35. The third kappa shape index (κ3) is 2.99. The van der Waals surface area contributed by atoms with Crippen molar-refractivity contribution in [1.82, 2.24) is 0 Å². The van der Waals surface area contributed by atoms with Gasteiger partial charge >= 0.3 is 0 Å². The average Bonchev–Trinajstić information content (AvgIpc) is 2.34. The molecule has 0 aliphatic carbocycles. The lowest BCUT2D eigenvalue weighted by Crippen LogP contribution is -2.25. The van der Waals surface area contributed by atoms with Gasteiger partial charge in [0.15, 0.2) is 0 Å². The second kappa shape index (κ2) is 5.83. The fourth-order valence-corrected chi connectivity index (χ4v) is 3.64. The summed E-state index contributed by atoms with van der Waals surface area (Å²) >= 11 is 1.93. The Morgan fingerprint density at radius 3 is 2.59 bits per heavy atom. The molecule has 0 spiro atoms. The molecule has 1 aliphatic rings. The second-order valence-corrected chi connectivity index (χ2v) is 5.68. The highest BCUT2D eigenvalue weighted by Gasteiger charge is 2.26. The van der Waals surface area contributed by atoms with E-state index in [1.165, 1.54) is 6.07 Å². The minimum Gasteiger partial charge on any atom is -0.330 e. The number of hydrogen-bond donors (Lipinski definition) is 1. The van der Waals surface area contributed by atoms with Gasteiger partial charge < -0.3 is 5.73 Å². The predicted octanol–water partition coefficient (Wildman–Crippen LogP) is 3.15. The van der Waals surface area contributed by atoms with Crippen molar-refractivity contribution in [3.63, 3.8) is 0 Å². The molecule has 1 aromatic carbocycles. The van der Waals surface area contributed by atoms with Crippen LogP contribution in [-0.4, -0.2) is 18.1 Å². The number of rotatable bonds is 3. The molecule has 0 radical (unpaired) electrons. The van der Waals surface area contributed by atoms with Crippen LogP contribution < -0.4 is 5.73 Å². The molecule has 1 nitrogen and oxygen atoms in total. The van der Waals surface area contributed by atoms with E-state index in [1.807, 2.05) is 11.8 Å². The summed E-state index contributed by atoms with van der Waals surface area (Å²) in [4.78, 5) is 0. The van der Waals surface area contributed by atoms with Crippen LogP contribution in [0.15, 0.2) is 18.2 Å². The average molecular weight is 257 g/mol. The SMILES string of the molecule is NCC(c1ccc(F)cc1F)C1CCSCC1. The lowest BCUT2D eigenvalue weighted by atomic mass is 9.82. The zero-order valence-corrected chi connectivity index (χ0v) is 10.5. The van der Waals surface area contributed by atoms with Crippen molar-refractivity contribution >= 4 is 11.8 Å². The molecule has 0 amide bonds. The van der Waals surface area contributed by atoms with Gasteiger partial charge in [-0.1, -0.05) is 6.07 Å². The summed E-state index contributed by atoms with van der Waals surface area (Å²) in [5, 5.41) is 0. The molecule has 2 rings (SSSR count). The summed E-state index contributed by atoms with van der Waals surface area (Å²) in [6.07, 6.45) is 2.15. The van der Waals surface area contributed by atoms with E-state index in [4.69, 9.17) is 5.73 Å². The van der Waals surface area contributed by atoms with E-state index in [-0.39, 0.29) is 5.92 Å². The Labute approximate surface area is 105 Å². The number of benzene rings is 1. The van der Waals surface area contributed by atoms with Gasteiger partial charge in [0.25, 0.3) is 0 Å². The summed E-state index contributed by atoms with van der Waals surface area (Å²) in [5.74, 6) is 1.70. The first-order valence-electron chi connectivity index (χ1n) is 5.95. The van der Waals surface area contributed by atoms with Crippen LogP contribution in [-0.2, 0) is 0 Å². The molecule has 2 N–H and O–H groups in total. The van der Waals surface area contributed by atoms with Gasteiger partial charge in [-0.05, 0) is 48.4 Å². The molecular weight excluding hydrogens is 240 g/mol. The molecule has 1 fully saturated rings. The Morgan fingerprint density at radius 2 is 2.00 bits per heavy atom. The maximum Gasteiger partial charge on any atom is 0.129 e. The predicted molar refractivity (Wildman–Crippen MR) is 68.2 cm³/mol. The highest BCUT2D eigenvalue weighted by atomic mass is 32.2. The zero-order valence-electron chi connectivity index (χ0n) is 9.66. The fraction of sp³-hybridized carbons (Fsp3) is 0.538. The molecule has 94 valence electrons. The molecule has 1 heterocycles. The first kappa shape index (κ1) is 12.8. The van der Waals surface area contributed by atoms with Crippen LogP contribution in [0.2, 0.25) is 0 Å². The topological polar surface area (TPSA) is 26.0 Å². The number of nitrogens with two attached hydrogens (primary N) is 1. The maximum atomic E-state index is 13.7. The lowest BCUT2D eigenvalue weighted by Gasteiger charge is -2.29. The van der Waals surface area contributed by atoms with Crippen molar-refractivity contribution < 1.29 is 8.78 Å². The van der Waals surface area contributed by atoms with Gasteiger partial charge in [0.2, 0.25) is 0 Å². The lowest BCUT2D eigenvalue weighted by molar-refractivity contribution is 0.389. The van der Waals surface area contributed by atoms with E-state index in [0.717, 1.165) is 30.4 Å². The molecule has 0 saturated carbocycles. The van der Waals surface area contributed by atoms with E-state index in [9.17, 15) is 8.78 Å².